The lowest BCUT2D eigenvalue weighted by molar-refractivity contribution is 0.264. The van der Waals surface area contributed by atoms with Crippen LogP contribution in [0.1, 0.15) is 5.89 Å². The van der Waals surface area contributed by atoms with Crippen molar-refractivity contribution in [1.82, 2.24) is 10.2 Å². The van der Waals surface area contributed by atoms with Gasteiger partial charge in [0.15, 0.2) is 18.1 Å². The van der Waals surface area contributed by atoms with Crippen LogP contribution >= 0.6 is 23.2 Å². The molecule has 0 aliphatic heterocycles. The Labute approximate surface area is 154 Å². The summed E-state index contributed by atoms with van der Waals surface area (Å²) in [5.74, 6) is 2.28. The van der Waals surface area contributed by atoms with E-state index in [0.717, 1.165) is 0 Å². The van der Waals surface area contributed by atoms with E-state index >= 15 is 0 Å². The number of hydrogen-bond donors (Lipinski definition) is 0. The smallest absolute Gasteiger partial charge is 0.254 e. The Balaban J connectivity index is 1.75. The first-order valence-corrected chi connectivity index (χ1v) is 7.99. The van der Waals surface area contributed by atoms with Gasteiger partial charge >= 0.3 is 0 Å². The number of aromatic nitrogens is 2. The fraction of sp³-hybridized carbons (Fsp3) is 0.176. The van der Waals surface area contributed by atoms with Crippen LogP contribution in [0.2, 0.25) is 10.0 Å². The molecule has 130 valence electrons. The van der Waals surface area contributed by atoms with Gasteiger partial charge in [-0.3, -0.25) is 0 Å². The van der Waals surface area contributed by atoms with Gasteiger partial charge in [-0.2, -0.15) is 0 Å². The van der Waals surface area contributed by atoms with Crippen LogP contribution in [-0.4, -0.2) is 24.4 Å². The van der Waals surface area contributed by atoms with Crippen LogP contribution in [0, 0.1) is 0 Å². The van der Waals surface area contributed by atoms with Crippen LogP contribution in [0.3, 0.4) is 0 Å². The van der Waals surface area contributed by atoms with Gasteiger partial charge in [0.1, 0.15) is 10.8 Å². The van der Waals surface area contributed by atoms with Gasteiger partial charge in [0.05, 0.1) is 19.2 Å². The van der Waals surface area contributed by atoms with E-state index < -0.39 is 0 Å². The van der Waals surface area contributed by atoms with Gasteiger partial charge in [0, 0.05) is 5.56 Å². The van der Waals surface area contributed by atoms with Crippen molar-refractivity contribution in [3.05, 3.63) is 52.3 Å². The summed E-state index contributed by atoms with van der Waals surface area (Å²) in [5, 5.41) is 8.74. The molecule has 0 N–H and O–H groups in total. The third-order valence-corrected chi connectivity index (χ3v) is 4.17. The zero-order valence-electron chi connectivity index (χ0n) is 13.5. The first kappa shape index (κ1) is 17.4. The van der Waals surface area contributed by atoms with Crippen molar-refractivity contribution in [2.45, 2.75) is 6.61 Å². The van der Waals surface area contributed by atoms with E-state index in [0.29, 0.717) is 44.6 Å². The monoisotopic (exact) mass is 380 g/mol. The lowest BCUT2D eigenvalue weighted by atomic mass is 10.2. The number of halogens is 2. The summed E-state index contributed by atoms with van der Waals surface area (Å²) in [5.41, 5.74) is 0.706. The molecule has 25 heavy (non-hydrogen) atoms. The van der Waals surface area contributed by atoms with Crippen LogP contribution in [0.25, 0.3) is 11.5 Å². The quantitative estimate of drug-likeness (QED) is 0.620. The van der Waals surface area contributed by atoms with Gasteiger partial charge in [-0.25, -0.2) is 0 Å². The van der Waals surface area contributed by atoms with Crippen molar-refractivity contribution >= 4 is 23.2 Å². The first-order valence-electron chi connectivity index (χ1n) is 7.24. The Morgan fingerprint density at radius 1 is 0.960 bits per heavy atom. The molecular weight excluding hydrogens is 367 g/mol. The first-order chi connectivity index (χ1) is 12.1. The minimum Gasteiger partial charge on any atom is -0.493 e. The van der Waals surface area contributed by atoms with E-state index in [9.17, 15) is 0 Å². The van der Waals surface area contributed by atoms with Gasteiger partial charge in [-0.15, -0.1) is 10.2 Å². The highest BCUT2D eigenvalue weighted by Crippen LogP contribution is 2.33. The largest absolute Gasteiger partial charge is 0.493 e. The van der Waals surface area contributed by atoms with Crippen LogP contribution in [0.4, 0.5) is 0 Å². The number of benzene rings is 2. The predicted molar refractivity (Wildman–Crippen MR) is 93.6 cm³/mol. The van der Waals surface area contributed by atoms with E-state index in [1.54, 1.807) is 50.6 Å². The molecule has 3 aromatic rings. The maximum Gasteiger partial charge on any atom is 0.254 e. The number of methoxy groups -OCH3 is 2. The van der Waals surface area contributed by atoms with Crippen molar-refractivity contribution in [2.75, 3.05) is 14.2 Å². The summed E-state index contributed by atoms with van der Waals surface area (Å²) in [7, 11) is 3.13. The lowest BCUT2D eigenvalue weighted by Crippen LogP contribution is -1.96. The van der Waals surface area contributed by atoms with E-state index in [-0.39, 0.29) is 6.61 Å². The average molecular weight is 381 g/mol. The second-order valence-electron chi connectivity index (χ2n) is 4.91. The van der Waals surface area contributed by atoms with Gasteiger partial charge in [0.2, 0.25) is 5.89 Å². The highest BCUT2D eigenvalue weighted by Gasteiger charge is 2.13. The molecule has 0 spiro atoms. The zero-order valence-corrected chi connectivity index (χ0v) is 15.0. The molecule has 0 aliphatic rings. The van der Waals surface area contributed by atoms with E-state index in [1.807, 2.05) is 0 Å². The van der Waals surface area contributed by atoms with E-state index in [4.69, 9.17) is 41.8 Å². The molecule has 0 saturated heterocycles. The van der Waals surface area contributed by atoms with Crippen LogP contribution in [-0.2, 0) is 6.61 Å². The number of nitrogens with zero attached hydrogens (tertiary/aromatic N) is 2. The zero-order chi connectivity index (χ0) is 17.8. The number of hydrogen-bond acceptors (Lipinski definition) is 6. The molecule has 0 radical (unpaired) electrons. The van der Waals surface area contributed by atoms with Crippen molar-refractivity contribution in [3.8, 4) is 28.7 Å². The summed E-state index contributed by atoms with van der Waals surface area (Å²) in [4.78, 5) is 0. The minimum absolute atomic E-state index is 0.0698. The standard InChI is InChI=1S/C17H14Cl2N2O4/c1-22-12-7-6-10(8-14(12)23-2)17-21-20-15(25-17)9-24-13-5-3-4-11(18)16(13)19/h3-8H,9H2,1-2H3. The van der Waals surface area contributed by atoms with Crippen molar-refractivity contribution in [3.63, 3.8) is 0 Å². The molecule has 8 heteroatoms. The Bertz CT molecular complexity index is 883. The summed E-state index contributed by atoms with van der Waals surface area (Å²) < 4.78 is 21.7. The molecule has 0 saturated carbocycles. The van der Waals surface area contributed by atoms with Crippen LogP contribution in [0.15, 0.2) is 40.8 Å². The number of rotatable bonds is 6. The second-order valence-corrected chi connectivity index (χ2v) is 5.70. The molecule has 2 aromatic carbocycles. The van der Waals surface area contributed by atoms with Crippen molar-refractivity contribution in [2.24, 2.45) is 0 Å². The second kappa shape index (κ2) is 7.63. The Morgan fingerprint density at radius 2 is 1.76 bits per heavy atom. The van der Waals surface area contributed by atoms with E-state index in [1.165, 1.54) is 0 Å². The molecule has 1 heterocycles. The SMILES string of the molecule is COc1ccc(-c2nnc(COc3cccc(Cl)c3Cl)o2)cc1OC. The molecule has 0 fully saturated rings. The summed E-state index contributed by atoms with van der Waals surface area (Å²) in [6.07, 6.45) is 0. The molecule has 3 rings (SSSR count). The lowest BCUT2D eigenvalue weighted by Gasteiger charge is -2.07. The predicted octanol–water partition coefficient (Wildman–Crippen LogP) is 4.64. The molecule has 0 amide bonds. The Morgan fingerprint density at radius 3 is 2.52 bits per heavy atom. The summed E-state index contributed by atoms with van der Waals surface area (Å²) in [6.45, 7) is 0.0698. The van der Waals surface area contributed by atoms with Crippen LogP contribution in [0.5, 0.6) is 17.2 Å². The van der Waals surface area contributed by atoms with Crippen molar-refractivity contribution < 1.29 is 18.6 Å². The maximum absolute atomic E-state index is 6.07. The molecule has 0 atom stereocenters. The topological polar surface area (TPSA) is 66.6 Å². The third-order valence-electron chi connectivity index (χ3n) is 3.36. The molecule has 1 aromatic heterocycles. The van der Waals surface area contributed by atoms with Gasteiger partial charge in [0.25, 0.3) is 5.89 Å². The fourth-order valence-electron chi connectivity index (χ4n) is 2.13. The molecule has 0 unspecified atom stereocenters. The summed E-state index contributed by atoms with van der Waals surface area (Å²) >= 11 is 12.0. The highest BCUT2D eigenvalue weighted by atomic mass is 35.5. The molecule has 0 bridgehead atoms. The molecule has 0 aliphatic carbocycles. The van der Waals surface area contributed by atoms with Gasteiger partial charge in [-0.1, -0.05) is 29.3 Å². The van der Waals surface area contributed by atoms with Crippen LogP contribution < -0.4 is 14.2 Å². The fourth-order valence-corrected chi connectivity index (χ4v) is 2.48. The number of ether oxygens (including phenoxy) is 3. The average Bonchev–Trinajstić information content (AvgIpc) is 3.11. The van der Waals surface area contributed by atoms with E-state index in [2.05, 4.69) is 10.2 Å². The Hall–Kier alpha value is -2.44. The highest BCUT2D eigenvalue weighted by molar-refractivity contribution is 6.42. The molecular formula is C17H14Cl2N2O4. The van der Waals surface area contributed by atoms with Gasteiger partial charge < -0.3 is 18.6 Å². The Kier molecular flexibility index (Phi) is 5.31. The van der Waals surface area contributed by atoms with Crippen molar-refractivity contribution in [1.29, 1.82) is 0 Å². The minimum atomic E-state index is 0.0698. The maximum atomic E-state index is 6.07. The molecule has 6 nitrogen and oxygen atoms in total. The van der Waals surface area contributed by atoms with Gasteiger partial charge in [-0.05, 0) is 30.3 Å². The normalized spacial score (nSPS) is 10.6. The summed E-state index contributed by atoms with van der Waals surface area (Å²) in [6, 6.07) is 10.4. The third kappa shape index (κ3) is 3.81.